The van der Waals surface area contributed by atoms with E-state index in [0.29, 0.717) is 23.8 Å². The molecule has 0 unspecified atom stereocenters. The number of rotatable bonds is 14. The van der Waals surface area contributed by atoms with Gasteiger partial charge in [0.25, 0.3) is 0 Å². The van der Waals surface area contributed by atoms with Crippen LogP contribution in [0.1, 0.15) is 67.4 Å². The number of Topliss-reactive ketones (excluding diaryl/α,β-unsaturated/α-hetero) is 1. The van der Waals surface area contributed by atoms with Crippen LogP contribution in [0.3, 0.4) is 0 Å². The Kier molecular flexibility index (Phi) is 11.2. The quantitative estimate of drug-likeness (QED) is 0.176. The Morgan fingerprint density at radius 3 is 2.14 bits per heavy atom. The van der Waals surface area contributed by atoms with Gasteiger partial charge in [-0.1, -0.05) is 86.7 Å². The fourth-order valence-electron chi connectivity index (χ4n) is 4.39. The van der Waals surface area contributed by atoms with E-state index in [1.807, 2.05) is 81.4 Å². The van der Waals surface area contributed by atoms with Gasteiger partial charge >= 0.3 is 0 Å². The molecule has 4 rings (SSSR count). The maximum absolute atomic E-state index is 12.6. The number of nitrogens with one attached hydrogen (secondary N) is 2. The van der Waals surface area contributed by atoms with E-state index in [1.165, 1.54) is 11.3 Å². The van der Waals surface area contributed by atoms with Crippen molar-refractivity contribution in [3.63, 3.8) is 0 Å². The molecule has 224 valence electrons. The fourth-order valence-corrected chi connectivity index (χ4v) is 5.19. The van der Waals surface area contributed by atoms with E-state index in [2.05, 4.69) is 31.0 Å². The number of aryl methyl sites for hydroxylation is 3. The highest BCUT2D eigenvalue weighted by atomic mass is 32.1. The van der Waals surface area contributed by atoms with Gasteiger partial charge in [-0.15, -0.1) is 15.3 Å². The van der Waals surface area contributed by atoms with Crippen LogP contribution in [-0.2, 0) is 46.5 Å². The summed E-state index contributed by atoms with van der Waals surface area (Å²) in [5.41, 5.74) is 3.40. The average Bonchev–Trinajstić information content (AvgIpc) is 3.41. The molecule has 0 bridgehead atoms. The third-order valence-electron chi connectivity index (χ3n) is 6.81. The number of nitrogens with zero attached hydrogens (tertiary/aromatic N) is 4. The second-order valence-electron chi connectivity index (χ2n) is 11.5. The lowest BCUT2D eigenvalue weighted by atomic mass is 9.87. The number of benzene rings is 2. The van der Waals surface area contributed by atoms with E-state index in [1.54, 1.807) is 6.07 Å². The second kappa shape index (κ2) is 15.2. The number of aromatic nitrogens is 4. The van der Waals surface area contributed by atoms with Gasteiger partial charge in [0, 0.05) is 18.3 Å². The minimum Gasteiger partial charge on any atom is -0.309 e. The zero-order valence-corrected chi connectivity index (χ0v) is 25.7. The summed E-state index contributed by atoms with van der Waals surface area (Å²) in [6.07, 6.45) is 4.97. The zero-order chi connectivity index (χ0) is 30.7. The van der Waals surface area contributed by atoms with Crippen molar-refractivity contribution in [1.29, 1.82) is 0 Å². The highest BCUT2D eigenvalue weighted by Gasteiger charge is 2.20. The second-order valence-corrected chi connectivity index (χ2v) is 12.6. The first-order chi connectivity index (χ1) is 20.6. The lowest BCUT2D eigenvalue weighted by Gasteiger charge is -2.16. The number of hydrogen-bond donors (Lipinski definition) is 2. The van der Waals surface area contributed by atoms with Crippen molar-refractivity contribution in [2.24, 2.45) is 5.41 Å². The van der Waals surface area contributed by atoms with Crippen molar-refractivity contribution >= 4 is 39.9 Å². The van der Waals surface area contributed by atoms with E-state index < -0.39 is 0 Å². The summed E-state index contributed by atoms with van der Waals surface area (Å²) in [6.45, 7) is 5.80. The van der Waals surface area contributed by atoms with Crippen LogP contribution in [0.15, 0.2) is 66.7 Å². The number of unbranched alkanes of at least 4 members (excludes halogenated alkanes) is 1. The smallest absolute Gasteiger partial charge is 0.230 e. The number of carbonyl (C=O) groups excluding carboxylic acids is 3. The Hall–Kier alpha value is -4.31. The highest BCUT2D eigenvalue weighted by Crippen LogP contribution is 2.20. The third kappa shape index (κ3) is 10.8. The minimum absolute atomic E-state index is 0.129. The van der Waals surface area contributed by atoms with Crippen LogP contribution in [0.25, 0.3) is 0 Å². The lowest BCUT2D eigenvalue weighted by molar-refractivity contribution is -0.126. The van der Waals surface area contributed by atoms with Gasteiger partial charge in [-0.3, -0.25) is 14.4 Å². The molecule has 2 aromatic carbocycles. The van der Waals surface area contributed by atoms with Crippen LogP contribution < -0.4 is 10.6 Å². The summed E-state index contributed by atoms with van der Waals surface area (Å²) in [5.74, 6) is 0.389. The van der Waals surface area contributed by atoms with Gasteiger partial charge < -0.3 is 10.6 Å². The maximum atomic E-state index is 12.6. The van der Waals surface area contributed by atoms with Crippen molar-refractivity contribution < 1.29 is 14.4 Å². The van der Waals surface area contributed by atoms with Crippen LogP contribution >= 0.6 is 11.3 Å². The van der Waals surface area contributed by atoms with Gasteiger partial charge in [0.2, 0.25) is 16.9 Å². The molecule has 0 aliphatic rings. The standard InChI is InChI=1S/C33H38N6O3S/c1-33(2,3)27(40)18-16-24-12-9-13-25(20-24)22-30(42)35-32-39-38-31(43-32)15-8-7-14-26-17-19-28(37-36-26)34-29(41)21-23-10-5-4-6-11-23/h4-6,9-13,17,19-20H,7-8,14-16,18,21-22H2,1-3H3,(H,34,37,41)(H,35,39,42). The van der Waals surface area contributed by atoms with Gasteiger partial charge in [-0.2, -0.15) is 5.10 Å². The van der Waals surface area contributed by atoms with Gasteiger partial charge in [0.15, 0.2) is 5.82 Å². The van der Waals surface area contributed by atoms with Crippen molar-refractivity contribution in [1.82, 2.24) is 20.4 Å². The molecule has 2 aromatic heterocycles. The third-order valence-corrected chi connectivity index (χ3v) is 7.71. The van der Waals surface area contributed by atoms with E-state index in [9.17, 15) is 14.4 Å². The molecule has 0 radical (unpaired) electrons. The molecule has 0 atom stereocenters. The normalized spacial score (nSPS) is 11.2. The predicted octanol–water partition coefficient (Wildman–Crippen LogP) is 5.80. The Balaban J connectivity index is 1.15. The molecule has 10 heteroatoms. The van der Waals surface area contributed by atoms with E-state index in [0.717, 1.165) is 53.1 Å². The molecule has 43 heavy (non-hydrogen) atoms. The number of hydrogen-bond acceptors (Lipinski definition) is 8. The zero-order valence-electron chi connectivity index (χ0n) is 24.9. The lowest BCUT2D eigenvalue weighted by Crippen LogP contribution is -2.20. The molecule has 0 spiro atoms. The number of ketones is 1. The first kappa shape index (κ1) is 31.6. The molecule has 0 saturated carbocycles. The summed E-state index contributed by atoms with van der Waals surface area (Å²) in [6, 6.07) is 21.0. The molecular weight excluding hydrogens is 560 g/mol. The van der Waals surface area contributed by atoms with E-state index in [-0.39, 0.29) is 35.9 Å². The average molecular weight is 599 g/mol. The number of amides is 2. The highest BCUT2D eigenvalue weighted by molar-refractivity contribution is 7.15. The monoisotopic (exact) mass is 598 g/mol. The molecule has 9 nitrogen and oxygen atoms in total. The molecular formula is C33H38N6O3S. The topological polar surface area (TPSA) is 127 Å². The molecule has 4 aromatic rings. The van der Waals surface area contributed by atoms with Crippen LogP contribution in [0.4, 0.5) is 10.9 Å². The summed E-state index contributed by atoms with van der Waals surface area (Å²) in [5, 5.41) is 23.7. The number of carbonyl (C=O) groups is 3. The molecule has 0 saturated heterocycles. The Labute approximate surface area is 256 Å². The van der Waals surface area contributed by atoms with Crippen LogP contribution in [0.5, 0.6) is 0 Å². The molecule has 2 heterocycles. The van der Waals surface area contributed by atoms with Crippen molar-refractivity contribution in [3.8, 4) is 0 Å². The van der Waals surface area contributed by atoms with E-state index in [4.69, 9.17) is 0 Å². The van der Waals surface area contributed by atoms with Crippen molar-refractivity contribution in [2.75, 3.05) is 10.6 Å². The van der Waals surface area contributed by atoms with Gasteiger partial charge in [0.1, 0.15) is 10.8 Å². The summed E-state index contributed by atoms with van der Waals surface area (Å²) < 4.78 is 0. The maximum Gasteiger partial charge on any atom is 0.230 e. The first-order valence-corrected chi connectivity index (χ1v) is 15.4. The Morgan fingerprint density at radius 1 is 0.698 bits per heavy atom. The predicted molar refractivity (Wildman–Crippen MR) is 169 cm³/mol. The molecule has 0 aliphatic carbocycles. The Bertz CT molecular complexity index is 1510. The Morgan fingerprint density at radius 2 is 1.40 bits per heavy atom. The fraction of sp³-hybridized carbons (Fsp3) is 0.364. The van der Waals surface area contributed by atoms with Crippen molar-refractivity contribution in [3.05, 3.63) is 94.1 Å². The molecule has 0 fully saturated rings. The summed E-state index contributed by atoms with van der Waals surface area (Å²) in [4.78, 5) is 37.1. The van der Waals surface area contributed by atoms with Crippen LogP contribution in [0, 0.1) is 5.41 Å². The largest absolute Gasteiger partial charge is 0.309 e. The van der Waals surface area contributed by atoms with Gasteiger partial charge in [-0.25, -0.2) is 0 Å². The first-order valence-electron chi connectivity index (χ1n) is 14.5. The van der Waals surface area contributed by atoms with Gasteiger partial charge in [0.05, 0.1) is 18.5 Å². The minimum atomic E-state index is -0.344. The van der Waals surface area contributed by atoms with E-state index >= 15 is 0 Å². The van der Waals surface area contributed by atoms with Crippen LogP contribution in [-0.4, -0.2) is 38.0 Å². The SMILES string of the molecule is CC(C)(C)C(=O)CCc1cccc(CC(=O)Nc2nnc(CCCCc3ccc(NC(=O)Cc4ccccc4)nn3)s2)c1. The summed E-state index contributed by atoms with van der Waals surface area (Å²) in [7, 11) is 0. The van der Waals surface area contributed by atoms with Crippen molar-refractivity contribution in [2.45, 2.75) is 72.1 Å². The molecule has 2 amide bonds. The van der Waals surface area contributed by atoms with Gasteiger partial charge in [-0.05, 0) is 54.5 Å². The van der Waals surface area contributed by atoms with Crippen LogP contribution in [0.2, 0.25) is 0 Å². The number of anilines is 2. The summed E-state index contributed by atoms with van der Waals surface area (Å²) >= 11 is 1.38. The molecule has 0 aliphatic heterocycles. The molecule has 2 N–H and O–H groups in total.